The molecule has 0 aromatic rings. The summed E-state index contributed by atoms with van der Waals surface area (Å²) in [5, 5.41) is 8.42. The standard InChI is InChI=1S/C5H11NO8P2/c7-5(15(8,9)10,16(11,12)13)3-4-6-1-2-14-4/h1-2,4,6-7H,3H2,(H2,8,9,10)(H2,11,12,13). The van der Waals surface area contributed by atoms with Gasteiger partial charge in [0.2, 0.25) is 0 Å². The summed E-state index contributed by atoms with van der Waals surface area (Å²) in [6.07, 6.45) is 0.342. The quantitative estimate of drug-likeness (QED) is 0.346. The van der Waals surface area contributed by atoms with Crippen LogP contribution < -0.4 is 5.32 Å². The van der Waals surface area contributed by atoms with E-state index >= 15 is 0 Å². The highest BCUT2D eigenvalue weighted by molar-refractivity contribution is 7.72. The van der Waals surface area contributed by atoms with Gasteiger partial charge in [-0.1, -0.05) is 0 Å². The summed E-state index contributed by atoms with van der Waals surface area (Å²) in [7, 11) is -10.8. The molecule has 0 bridgehead atoms. The Balaban J connectivity index is 2.97. The molecule has 1 unspecified atom stereocenters. The van der Waals surface area contributed by atoms with Crippen molar-refractivity contribution < 1.29 is 38.5 Å². The van der Waals surface area contributed by atoms with Crippen LogP contribution in [0.5, 0.6) is 0 Å². The van der Waals surface area contributed by atoms with Crippen LogP contribution >= 0.6 is 15.2 Å². The number of nitrogens with one attached hydrogen (secondary N) is 1. The predicted octanol–water partition coefficient (Wildman–Crippen LogP) is -1.20. The molecule has 0 fully saturated rings. The third-order valence-electron chi connectivity index (χ3n) is 1.99. The zero-order chi connectivity index (χ0) is 12.6. The number of rotatable bonds is 4. The van der Waals surface area contributed by atoms with E-state index in [1.165, 1.54) is 6.20 Å². The zero-order valence-corrected chi connectivity index (χ0v) is 9.58. The highest BCUT2D eigenvalue weighted by Crippen LogP contribution is 2.69. The fourth-order valence-electron chi connectivity index (χ4n) is 1.08. The summed E-state index contributed by atoms with van der Waals surface area (Å²) in [6, 6.07) is 0. The van der Waals surface area contributed by atoms with Gasteiger partial charge in [-0.2, -0.15) is 0 Å². The van der Waals surface area contributed by atoms with E-state index in [1.54, 1.807) is 0 Å². The lowest BCUT2D eigenvalue weighted by molar-refractivity contribution is 0.0563. The molecule has 1 aliphatic heterocycles. The van der Waals surface area contributed by atoms with Crippen LogP contribution in [0.1, 0.15) is 6.42 Å². The smallest absolute Gasteiger partial charge is 0.369 e. The predicted molar refractivity (Wildman–Crippen MR) is 50.8 cm³/mol. The highest BCUT2D eigenvalue weighted by Gasteiger charge is 2.60. The van der Waals surface area contributed by atoms with Crippen molar-refractivity contribution in [3.8, 4) is 0 Å². The SMILES string of the molecule is O=P(O)(O)C(O)(CC1NC=CO1)P(=O)(O)O. The van der Waals surface area contributed by atoms with Crippen LogP contribution in [0.15, 0.2) is 12.5 Å². The molecule has 1 rings (SSSR count). The van der Waals surface area contributed by atoms with E-state index in [4.69, 9.17) is 24.3 Å². The lowest BCUT2D eigenvalue weighted by atomic mass is 10.4. The Kier molecular flexibility index (Phi) is 3.52. The van der Waals surface area contributed by atoms with Crippen LogP contribution in [0.4, 0.5) is 0 Å². The first-order chi connectivity index (χ1) is 7.08. The molecule has 0 spiro atoms. The topological polar surface area (TPSA) is 157 Å². The van der Waals surface area contributed by atoms with Gasteiger partial charge in [-0.15, -0.1) is 0 Å². The fraction of sp³-hybridized carbons (Fsp3) is 0.600. The fourth-order valence-corrected chi connectivity index (χ4v) is 3.25. The molecule has 6 N–H and O–H groups in total. The van der Waals surface area contributed by atoms with Crippen LogP contribution in [-0.2, 0) is 13.9 Å². The van der Waals surface area contributed by atoms with Crippen LogP contribution in [0.3, 0.4) is 0 Å². The van der Waals surface area contributed by atoms with Crippen LogP contribution in [0.25, 0.3) is 0 Å². The summed E-state index contributed by atoms with van der Waals surface area (Å²) in [4.78, 5) is 35.2. The summed E-state index contributed by atoms with van der Waals surface area (Å²) in [6.45, 7) is 0. The number of hydrogen-bond acceptors (Lipinski definition) is 5. The Morgan fingerprint density at radius 2 is 1.75 bits per heavy atom. The molecule has 0 radical (unpaired) electrons. The minimum atomic E-state index is -5.42. The van der Waals surface area contributed by atoms with Crippen LogP contribution in [0, 0.1) is 0 Å². The van der Waals surface area contributed by atoms with Gasteiger partial charge in [-0.05, 0) is 0 Å². The number of aliphatic hydroxyl groups is 1. The molecule has 9 nitrogen and oxygen atoms in total. The van der Waals surface area contributed by atoms with Gasteiger partial charge in [0.1, 0.15) is 6.26 Å². The lowest BCUT2D eigenvalue weighted by Gasteiger charge is -2.30. The molecule has 1 heterocycles. The van der Waals surface area contributed by atoms with Crippen molar-refractivity contribution >= 4 is 15.2 Å². The summed E-state index contributed by atoms with van der Waals surface area (Å²) >= 11 is 0. The van der Waals surface area contributed by atoms with Crippen molar-refractivity contribution in [2.24, 2.45) is 0 Å². The molecule has 94 valence electrons. The molecule has 11 heteroatoms. The van der Waals surface area contributed by atoms with E-state index < -0.39 is 32.9 Å². The molecular weight excluding hydrogens is 264 g/mol. The van der Waals surface area contributed by atoms with Gasteiger partial charge in [0.05, 0.1) is 6.42 Å². The first-order valence-corrected chi connectivity index (χ1v) is 7.20. The Morgan fingerprint density at radius 1 is 1.25 bits per heavy atom. The van der Waals surface area contributed by atoms with Gasteiger partial charge in [-0.3, -0.25) is 9.13 Å². The Bertz CT molecular complexity index is 352. The van der Waals surface area contributed by atoms with Crippen LogP contribution in [0.2, 0.25) is 0 Å². The van der Waals surface area contributed by atoms with Crippen molar-refractivity contribution in [2.75, 3.05) is 0 Å². The van der Waals surface area contributed by atoms with Crippen molar-refractivity contribution in [1.82, 2.24) is 5.32 Å². The van der Waals surface area contributed by atoms with Crippen molar-refractivity contribution in [3.05, 3.63) is 12.5 Å². The van der Waals surface area contributed by atoms with Crippen molar-refractivity contribution in [2.45, 2.75) is 17.7 Å². The summed E-state index contributed by atoms with van der Waals surface area (Å²) in [5.74, 6) is 0. The maximum Gasteiger partial charge on any atom is 0.369 e. The van der Waals surface area contributed by atoms with Crippen molar-refractivity contribution in [1.29, 1.82) is 0 Å². The van der Waals surface area contributed by atoms with Crippen LogP contribution in [-0.4, -0.2) is 36.0 Å². The summed E-state index contributed by atoms with van der Waals surface area (Å²) < 4.78 is 26.6. The molecule has 1 aliphatic rings. The molecule has 16 heavy (non-hydrogen) atoms. The Hall–Kier alpha value is -0.400. The molecule has 0 aromatic heterocycles. The Labute approximate surface area is 90.1 Å². The second kappa shape index (κ2) is 4.12. The minimum absolute atomic E-state index is 0.950. The molecule has 1 atom stereocenters. The minimum Gasteiger partial charge on any atom is -0.477 e. The van der Waals surface area contributed by atoms with Gasteiger partial charge in [-0.25, -0.2) is 0 Å². The molecule has 0 amide bonds. The van der Waals surface area contributed by atoms with E-state index in [2.05, 4.69) is 5.32 Å². The zero-order valence-electron chi connectivity index (χ0n) is 7.79. The van der Waals surface area contributed by atoms with Crippen molar-refractivity contribution in [3.63, 3.8) is 0 Å². The van der Waals surface area contributed by atoms with E-state index in [0.29, 0.717) is 0 Å². The lowest BCUT2D eigenvalue weighted by Crippen LogP contribution is -2.37. The van der Waals surface area contributed by atoms with Gasteiger partial charge in [0, 0.05) is 6.20 Å². The largest absolute Gasteiger partial charge is 0.477 e. The third kappa shape index (κ3) is 2.46. The van der Waals surface area contributed by atoms with E-state index in [0.717, 1.165) is 6.26 Å². The van der Waals surface area contributed by atoms with E-state index in [-0.39, 0.29) is 0 Å². The normalized spacial score (nSPS) is 21.7. The average molecular weight is 275 g/mol. The molecular formula is C5H11NO8P2. The highest BCUT2D eigenvalue weighted by atomic mass is 31.2. The third-order valence-corrected chi connectivity index (χ3v) is 5.78. The number of hydrogen-bond donors (Lipinski definition) is 6. The second-order valence-electron chi connectivity index (χ2n) is 3.16. The maximum atomic E-state index is 10.9. The summed E-state index contributed by atoms with van der Waals surface area (Å²) in [5.41, 5.74) is 0. The first kappa shape index (κ1) is 13.7. The Morgan fingerprint density at radius 3 is 2.06 bits per heavy atom. The molecule has 0 saturated heterocycles. The first-order valence-electron chi connectivity index (χ1n) is 3.98. The molecule has 0 aliphatic carbocycles. The average Bonchev–Trinajstić information content (AvgIpc) is 2.52. The molecule has 0 aromatic carbocycles. The van der Waals surface area contributed by atoms with Gasteiger partial charge in [0.15, 0.2) is 6.23 Å². The maximum absolute atomic E-state index is 10.9. The molecule has 0 saturated carbocycles. The van der Waals surface area contributed by atoms with Gasteiger partial charge in [0.25, 0.3) is 5.08 Å². The van der Waals surface area contributed by atoms with E-state index in [1.807, 2.05) is 0 Å². The monoisotopic (exact) mass is 275 g/mol. The second-order valence-corrected chi connectivity index (χ2v) is 7.17. The van der Waals surface area contributed by atoms with Gasteiger partial charge >= 0.3 is 15.2 Å². The van der Waals surface area contributed by atoms with E-state index in [9.17, 15) is 14.2 Å². The number of ether oxygens (including phenoxy) is 1. The van der Waals surface area contributed by atoms with Gasteiger partial charge < -0.3 is 34.7 Å².